The number of carbonyl (C=O) groups excluding carboxylic acids is 2. The maximum atomic E-state index is 11.6. The van der Waals surface area contributed by atoms with E-state index >= 15 is 0 Å². The molecule has 0 saturated carbocycles. The van der Waals surface area contributed by atoms with Crippen molar-refractivity contribution in [2.45, 2.75) is 6.42 Å². The SMILES string of the molecule is O=CNCCCNC(=O)Nc1ccc(-n2cccc2)cc1. The van der Waals surface area contributed by atoms with Crippen molar-refractivity contribution in [3.05, 3.63) is 48.8 Å². The average molecular weight is 286 g/mol. The van der Waals surface area contributed by atoms with Crippen molar-refractivity contribution >= 4 is 18.1 Å². The molecule has 0 saturated heterocycles. The third kappa shape index (κ3) is 4.68. The van der Waals surface area contributed by atoms with Crippen LogP contribution in [0, 0.1) is 0 Å². The minimum Gasteiger partial charge on any atom is -0.359 e. The molecule has 0 aliphatic heterocycles. The molecule has 3 N–H and O–H groups in total. The van der Waals surface area contributed by atoms with Gasteiger partial charge in [-0.25, -0.2) is 4.79 Å². The number of aromatic nitrogens is 1. The molecule has 6 heteroatoms. The van der Waals surface area contributed by atoms with Crippen LogP contribution in [0.5, 0.6) is 0 Å². The molecule has 0 fully saturated rings. The Morgan fingerprint density at radius 2 is 1.81 bits per heavy atom. The number of urea groups is 1. The third-order valence-corrected chi connectivity index (χ3v) is 2.89. The summed E-state index contributed by atoms with van der Waals surface area (Å²) in [5, 5.41) is 8.01. The van der Waals surface area contributed by atoms with Gasteiger partial charge in [0.1, 0.15) is 0 Å². The summed E-state index contributed by atoms with van der Waals surface area (Å²) in [6, 6.07) is 11.2. The molecule has 6 nitrogen and oxygen atoms in total. The van der Waals surface area contributed by atoms with Gasteiger partial charge in [0.25, 0.3) is 0 Å². The Hall–Kier alpha value is -2.76. The van der Waals surface area contributed by atoms with Gasteiger partial charge in [-0.2, -0.15) is 0 Å². The number of nitrogens with zero attached hydrogens (tertiary/aromatic N) is 1. The molecule has 0 radical (unpaired) electrons. The van der Waals surface area contributed by atoms with E-state index in [1.807, 2.05) is 53.4 Å². The average Bonchev–Trinajstić information content (AvgIpc) is 3.02. The molecule has 1 heterocycles. The predicted octanol–water partition coefficient (Wildman–Crippen LogP) is 1.73. The topological polar surface area (TPSA) is 75.2 Å². The molecule has 1 aromatic carbocycles. The van der Waals surface area contributed by atoms with Crippen LogP contribution in [0.4, 0.5) is 10.5 Å². The van der Waals surface area contributed by atoms with E-state index < -0.39 is 0 Å². The van der Waals surface area contributed by atoms with Gasteiger partial charge in [0.05, 0.1) is 0 Å². The first-order valence-electron chi connectivity index (χ1n) is 6.75. The minimum absolute atomic E-state index is 0.255. The number of nitrogens with one attached hydrogen (secondary N) is 3. The van der Waals surface area contributed by atoms with Crippen molar-refractivity contribution in [2.75, 3.05) is 18.4 Å². The van der Waals surface area contributed by atoms with Gasteiger partial charge < -0.3 is 20.5 Å². The molecule has 110 valence electrons. The van der Waals surface area contributed by atoms with Crippen molar-refractivity contribution in [1.29, 1.82) is 0 Å². The van der Waals surface area contributed by atoms with Gasteiger partial charge in [0.15, 0.2) is 0 Å². The lowest BCUT2D eigenvalue weighted by atomic mass is 10.3. The maximum absolute atomic E-state index is 11.6. The van der Waals surface area contributed by atoms with Gasteiger partial charge >= 0.3 is 6.03 Å². The summed E-state index contributed by atoms with van der Waals surface area (Å²) in [5.74, 6) is 0. The normalized spacial score (nSPS) is 9.90. The summed E-state index contributed by atoms with van der Waals surface area (Å²) in [6.45, 7) is 1.06. The summed E-state index contributed by atoms with van der Waals surface area (Å²) in [6.07, 6.45) is 5.26. The molecule has 0 spiro atoms. The highest BCUT2D eigenvalue weighted by Crippen LogP contribution is 2.13. The maximum Gasteiger partial charge on any atom is 0.319 e. The van der Waals surface area contributed by atoms with Gasteiger partial charge in [0.2, 0.25) is 6.41 Å². The highest BCUT2D eigenvalue weighted by molar-refractivity contribution is 5.89. The predicted molar refractivity (Wildman–Crippen MR) is 81.5 cm³/mol. The van der Waals surface area contributed by atoms with Gasteiger partial charge in [-0.15, -0.1) is 0 Å². The Bertz CT molecular complexity index is 564. The number of hydrogen-bond donors (Lipinski definition) is 3. The first-order chi connectivity index (χ1) is 10.3. The lowest BCUT2D eigenvalue weighted by Gasteiger charge is -2.08. The monoisotopic (exact) mass is 286 g/mol. The van der Waals surface area contributed by atoms with Crippen molar-refractivity contribution in [2.24, 2.45) is 0 Å². The molecule has 3 amide bonds. The molecule has 0 aliphatic carbocycles. The zero-order chi connectivity index (χ0) is 14.9. The smallest absolute Gasteiger partial charge is 0.319 e. The summed E-state index contributed by atoms with van der Waals surface area (Å²) >= 11 is 0. The molecule has 1 aromatic heterocycles. The number of rotatable bonds is 7. The number of carbonyl (C=O) groups is 2. The van der Waals surface area contributed by atoms with E-state index in [-0.39, 0.29) is 6.03 Å². The van der Waals surface area contributed by atoms with E-state index in [1.165, 1.54) is 0 Å². The first-order valence-corrected chi connectivity index (χ1v) is 6.75. The van der Waals surface area contributed by atoms with Crippen LogP contribution in [0.15, 0.2) is 48.8 Å². The van der Waals surface area contributed by atoms with Crippen molar-refractivity contribution in [1.82, 2.24) is 15.2 Å². The quantitative estimate of drug-likeness (QED) is 0.535. The molecule has 2 aromatic rings. The summed E-state index contributed by atoms with van der Waals surface area (Å²) in [4.78, 5) is 21.7. The molecule has 21 heavy (non-hydrogen) atoms. The van der Waals surface area contributed by atoms with E-state index in [9.17, 15) is 9.59 Å². The third-order valence-electron chi connectivity index (χ3n) is 2.89. The zero-order valence-electron chi connectivity index (χ0n) is 11.6. The van der Waals surface area contributed by atoms with E-state index in [4.69, 9.17) is 0 Å². The van der Waals surface area contributed by atoms with Crippen LogP contribution in [-0.2, 0) is 4.79 Å². The molecule has 0 bridgehead atoms. The zero-order valence-corrected chi connectivity index (χ0v) is 11.6. The van der Waals surface area contributed by atoms with Crippen molar-refractivity contribution in [3.8, 4) is 5.69 Å². The van der Waals surface area contributed by atoms with Crippen LogP contribution in [-0.4, -0.2) is 30.1 Å². The minimum atomic E-state index is -0.255. The number of hydrogen-bond acceptors (Lipinski definition) is 2. The fraction of sp³-hybridized carbons (Fsp3) is 0.200. The van der Waals surface area contributed by atoms with E-state index in [0.29, 0.717) is 25.9 Å². The Morgan fingerprint density at radius 3 is 2.48 bits per heavy atom. The van der Waals surface area contributed by atoms with Gasteiger partial charge in [-0.05, 0) is 42.8 Å². The van der Waals surface area contributed by atoms with Gasteiger partial charge in [-0.1, -0.05) is 0 Å². The summed E-state index contributed by atoms with van der Waals surface area (Å²) < 4.78 is 1.99. The van der Waals surface area contributed by atoms with E-state index in [1.54, 1.807) is 0 Å². The van der Waals surface area contributed by atoms with Crippen molar-refractivity contribution < 1.29 is 9.59 Å². The standard InChI is InChI=1S/C15H18N4O2/c20-12-16-8-3-9-17-15(21)18-13-4-6-14(7-5-13)19-10-1-2-11-19/h1-2,4-7,10-12H,3,8-9H2,(H,16,20)(H2,17,18,21). The van der Waals surface area contributed by atoms with Gasteiger partial charge in [0, 0.05) is 36.9 Å². The van der Waals surface area contributed by atoms with Gasteiger partial charge in [-0.3, -0.25) is 4.79 Å². The molecule has 0 aliphatic rings. The lowest BCUT2D eigenvalue weighted by molar-refractivity contribution is -0.109. The highest BCUT2D eigenvalue weighted by Gasteiger charge is 2.01. The van der Waals surface area contributed by atoms with Crippen LogP contribution in [0.2, 0.25) is 0 Å². The number of anilines is 1. The molecule has 2 rings (SSSR count). The fourth-order valence-corrected chi connectivity index (χ4v) is 1.85. The largest absolute Gasteiger partial charge is 0.359 e. The summed E-state index contributed by atoms with van der Waals surface area (Å²) in [5.41, 5.74) is 1.76. The van der Waals surface area contributed by atoms with Crippen LogP contribution in [0.1, 0.15) is 6.42 Å². The molecular formula is C15H18N4O2. The Morgan fingerprint density at radius 1 is 1.10 bits per heavy atom. The second-order valence-corrected chi connectivity index (χ2v) is 4.44. The van der Waals surface area contributed by atoms with E-state index in [2.05, 4.69) is 16.0 Å². The second-order valence-electron chi connectivity index (χ2n) is 4.44. The molecule has 0 atom stereocenters. The fourth-order valence-electron chi connectivity index (χ4n) is 1.85. The lowest BCUT2D eigenvalue weighted by Crippen LogP contribution is -2.31. The van der Waals surface area contributed by atoms with Crippen LogP contribution >= 0.6 is 0 Å². The Kier molecular flexibility index (Phi) is 5.40. The molecule has 0 unspecified atom stereocenters. The second kappa shape index (κ2) is 7.74. The van der Waals surface area contributed by atoms with E-state index in [0.717, 1.165) is 11.4 Å². The Labute approximate surface area is 123 Å². The van der Waals surface area contributed by atoms with Crippen LogP contribution in [0.25, 0.3) is 5.69 Å². The molecular weight excluding hydrogens is 268 g/mol. The number of benzene rings is 1. The van der Waals surface area contributed by atoms with Crippen LogP contribution < -0.4 is 16.0 Å². The Balaban J connectivity index is 1.77. The van der Waals surface area contributed by atoms with Crippen LogP contribution in [0.3, 0.4) is 0 Å². The highest BCUT2D eigenvalue weighted by atomic mass is 16.2. The first kappa shape index (κ1) is 14.6. The summed E-state index contributed by atoms with van der Waals surface area (Å²) in [7, 11) is 0. The number of amides is 3. The van der Waals surface area contributed by atoms with Crippen molar-refractivity contribution in [3.63, 3.8) is 0 Å².